The van der Waals surface area contributed by atoms with Crippen LogP contribution in [-0.2, 0) is 32.7 Å². The van der Waals surface area contributed by atoms with Gasteiger partial charge in [0.05, 0.1) is 19.8 Å². The normalized spacial score (nSPS) is 14.1. The topological polar surface area (TPSA) is 149 Å². The van der Waals surface area contributed by atoms with Crippen LogP contribution in [0.5, 0.6) is 0 Å². The van der Waals surface area contributed by atoms with Gasteiger partial charge in [0.1, 0.15) is 12.7 Å². The summed E-state index contributed by atoms with van der Waals surface area (Å²) in [5, 5.41) is 18.3. The van der Waals surface area contributed by atoms with Crippen LogP contribution in [0.15, 0.2) is 12.2 Å². The first kappa shape index (κ1) is 48.7. The summed E-state index contributed by atoms with van der Waals surface area (Å²) in [5.74, 6) is -0.944. The SMILES string of the molecule is CCCCCCCCCCC/C=C/CCCCC(=O)O[C@H](COC(=O)CCCCCCCCCCCCCC)COP(=O)(O)OC[C@@H](O)CO. The van der Waals surface area contributed by atoms with E-state index in [1.54, 1.807) is 0 Å². The maximum absolute atomic E-state index is 12.5. The number of rotatable bonds is 38. The van der Waals surface area contributed by atoms with E-state index in [2.05, 4.69) is 30.5 Å². The zero-order valence-corrected chi connectivity index (χ0v) is 32.8. The molecule has 0 rings (SSSR count). The van der Waals surface area contributed by atoms with Crippen LogP contribution in [0.4, 0.5) is 0 Å². The van der Waals surface area contributed by atoms with E-state index in [9.17, 15) is 24.2 Å². The van der Waals surface area contributed by atoms with Crippen molar-refractivity contribution in [2.75, 3.05) is 26.4 Å². The maximum Gasteiger partial charge on any atom is 0.472 e. The molecule has 0 fully saturated rings. The van der Waals surface area contributed by atoms with Gasteiger partial charge < -0.3 is 24.6 Å². The molecule has 0 radical (unpaired) electrons. The number of hydrogen-bond donors (Lipinski definition) is 3. The third-order valence-electron chi connectivity index (χ3n) is 8.67. The molecule has 0 aromatic rings. The summed E-state index contributed by atoms with van der Waals surface area (Å²) in [4.78, 5) is 34.8. The molecule has 0 aromatic heterocycles. The fourth-order valence-corrected chi connectivity index (χ4v) is 6.31. The molecule has 0 amide bonds. The minimum absolute atomic E-state index is 0.158. The van der Waals surface area contributed by atoms with Crippen LogP contribution < -0.4 is 0 Å². The molecule has 3 atom stereocenters. The third-order valence-corrected chi connectivity index (χ3v) is 9.62. The fourth-order valence-electron chi connectivity index (χ4n) is 5.52. The van der Waals surface area contributed by atoms with Gasteiger partial charge >= 0.3 is 19.8 Å². The largest absolute Gasteiger partial charge is 0.472 e. The molecular weight excluding hydrogens is 659 g/mol. The minimum atomic E-state index is -4.61. The quantitative estimate of drug-likeness (QED) is 0.0242. The molecule has 0 aromatic carbocycles. The van der Waals surface area contributed by atoms with Crippen LogP contribution in [0.25, 0.3) is 0 Å². The van der Waals surface area contributed by atoms with Crippen molar-refractivity contribution in [2.24, 2.45) is 0 Å². The number of carbonyl (C=O) groups is 2. The van der Waals surface area contributed by atoms with Gasteiger partial charge in [0.25, 0.3) is 0 Å². The summed E-state index contributed by atoms with van der Waals surface area (Å²) in [6, 6.07) is 0. The van der Waals surface area contributed by atoms with E-state index in [0.29, 0.717) is 12.8 Å². The Bertz CT molecular complexity index is 853. The summed E-state index contributed by atoms with van der Waals surface area (Å²) in [6.45, 7) is 2.36. The van der Waals surface area contributed by atoms with Crippen molar-refractivity contribution < 1.29 is 47.8 Å². The van der Waals surface area contributed by atoms with Gasteiger partial charge in [-0.1, -0.05) is 148 Å². The molecule has 3 N–H and O–H groups in total. The number of phosphoric acid groups is 1. The zero-order chi connectivity index (χ0) is 37.0. The molecule has 50 heavy (non-hydrogen) atoms. The van der Waals surface area contributed by atoms with E-state index in [-0.39, 0.29) is 19.4 Å². The monoisotopic (exact) mass is 735 g/mol. The van der Waals surface area contributed by atoms with Crippen LogP contribution in [0.2, 0.25) is 0 Å². The van der Waals surface area contributed by atoms with E-state index in [0.717, 1.165) is 38.5 Å². The number of allylic oxidation sites excluding steroid dienone is 2. The Balaban J connectivity index is 4.35. The highest BCUT2D eigenvalue weighted by Crippen LogP contribution is 2.43. The van der Waals surface area contributed by atoms with Crippen LogP contribution in [0.1, 0.15) is 187 Å². The van der Waals surface area contributed by atoms with Gasteiger partial charge in [0.15, 0.2) is 6.10 Å². The van der Waals surface area contributed by atoms with Gasteiger partial charge in [0, 0.05) is 12.8 Å². The van der Waals surface area contributed by atoms with E-state index >= 15 is 0 Å². The fraction of sp³-hybridized carbons (Fsp3) is 0.897. The van der Waals surface area contributed by atoms with Crippen molar-refractivity contribution in [3.05, 3.63) is 12.2 Å². The number of esters is 2. The van der Waals surface area contributed by atoms with E-state index in [1.807, 2.05) is 0 Å². The second kappa shape index (κ2) is 36.1. The number of carbonyl (C=O) groups excluding carboxylic acids is 2. The molecule has 0 saturated heterocycles. The Kier molecular flexibility index (Phi) is 35.2. The lowest BCUT2D eigenvalue weighted by Crippen LogP contribution is -2.29. The van der Waals surface area contributed by atoms with Gasteiger partial charge in [-0.05, 0) is 38.5 Å². The van der Waals surface area contributed by atoms with Gasteiger partial charge in [-0.3, -0.25) is 18.6 Å². The molecule has 1 unspecified atom stereocenters. The molecule has 0 spiro atoms. The maximum atomic E-state index is 12.5. The molecule has 296 valence electrons. The summed E-state index contributed by atoms with van der Waals surface area (Å²) in [6.07, 6.45) is 31.8. The van der Waals surface area contributed by atoms with E-state index < -0.39 is 51.8 Å². The predicted octanol–water partition coefficient (Wildman–Crippen LogP) is 10.1. The Morgan fingerprint density at radius 3 is 1.48 bits per heavy atom. The average Bonchev–Trinajstić information content (AvgIpc) is 3.10. The number of aliphatic hydroxyl groups excluding tert-OH is 2. The van der Waals surface area contributed by atoms with Crippen LogP contribution >= 0.6 is 7.82 Å². The van der Waals surface area contributed by atoms with Crippen molar-refractivity contribution in [1.82, 2.24) is 0 Å². The number of phosphoric ester groups is 1. The Hall–Kier alpha value is -1.29. The second-order valence-electron chi connectivity index (χ2n) is 13.7. The minimum Gasteiger partial charge on any atom is -0.462 e. The van der Waals surface area contributed by atoms with Crippen LogP contribution in [0.3, 0.4) is 0 Å². The summed E-state index contributed by atoms with van der Waals surface area (Å²) < 4.78 is 32.6. The van der Waals surface area contributed by atoms with Crippen molar-refractivity contribution in [2.45, 2.75) is 199 Å². The molecule has 0 saturated carbocycles. The Morgan fingerprint density at radius 1 is 0.580 bits per heavy atom. The van der Waals surface area contributed by atoms with Crippen molar-refractivity contribution in [3.8, 4) is 0 Å². The smallest absolute Gasteiger partial charge is 0.462 e. The van der Waals surface area contributed by atoms with E-state index in [4.69, 9.17) is 19.1 Å². The van der Waals surface area contributed by atoms with E-state index in [1.165, 1.54) is 109 Å². The summed E-state index contributed by atoms with van der Waals surface area (Å²) in [5.41, 5.74) is 0. The molecule has 0 aliphatic rings. The zero-order valence-electron chi connectivity index (χ0n) is 31.9. The Labute approximate surface area is 305 Å². The van der Waals surface area contributed by atoms with Crippen molar-refractivity contribution >= 4 is 19.8 Å². The molecule has 10 nitrogen and oxygen atoms in total. The molecule has 0 bridgehead atoms. The summed E-state index contributed by atoms with van der Waals surface area (Å²) in [7, 11) is -4.61. The highest BCUT2D eigenvalue weighted by Gasteiger charge is 2.27. The standard InChI is InChI=1S/C39H75O10P/c1-3-5-7-9-11-13-15-17-18-19-21-23-25-27-29-31-39(43)49-37(35-48-50(44,45)47-33-36(41)32-40)34-46-38(42)30-28-26-24-22-20-16-14-12-10-8-6-4-2/h21,23,36-37,40-41H,3-20,22,24-35H2,1-2H3,(H,44,45)/b23-21+/t36-,37+/m0/s1. The molecule has 0 heterocycles. The third kappa shape index (κ3) is 35.1. The van der Waals surface area contributed by atoms with Crippen molar-refractivity contribution in [3.63, 3.8) is 0 Å². The average molecular weight is 735 g/mol. The van der Waals surface area contributed by atoms with Gasteiger partial charge in [0.2, 0.25) is 0 Å². The lowest BCUT2D eigenvalue weighted by Gasteiger charge is -2.20. The first-order valence-electron chi connectivity index (χ1n) is 20.1. The number of hydrogen-bond acceptors (Lipinski definition) is 9. The van der Waals surface area contributed by atoms with Crippen LogP contribution in [0, 0.1) is 0 Å². The highest BCUT2D eigenvalue weighted by atomic mass is 31.2. The second-order valence-corrected chi connectivity index (χ2v) is 15.1. The van der Waals surface area contributed by atoms with Gasteiger partial charge in [-0.2, -0.15) is 0 Å². The van der Waals surface area contributed by atoms with Crippen LogP contribution in [-0.4, -0.2) is 65.7 Å². The summed E-state index contributed by atoms with van der Waals surface area (Å²) >= 11 is 0. The van der Waals surface area contributed by atoms with Gasteiger partial charge in [-0.25, -0.2) is 4.57 Å². The lowest BCUT2D eigenvalue weighted by atomic mass is 10.0. The number of unbranched alkanes of at least 4 members (excludes halogenated alkanes) is 22. The number of ether oxygens (including phenoxy) is 2. The highest BCUT2D eigenvalue weighted by molar-refractivity contribution is 7.47. The first-order chi connectivity index (χ1) is 24.2. The first-order valence-corrected chi connectivity index (χ1v) is 21.6. The Morgan fingerprint density at radius 2 is 0.980 bits per heavy atom. The molecule has 0 aliphatic carbocycles. The lowest BCUT2D eigenvalue weighted by molar-refractivity contribution is -0.161. The molecule has 0 aliphatic heterocycles. The van der Waals surface area contributed by atoms with Crippen molar-refractivity contribution in [1.29, 1.82) is 0 Å². The predicted molar refractivity (Wildman–Crippen MR) is 201 cm³/mol. The number of aliphatic hydroxyl groups is 2. The molecule has 11 heteroatoms. The van der Waals surface area contributed by atoms with Gasteiger partial charge in [-0.15, -0.1) is 0 Å². The molecular formula is C39H75O10P.